The van der Waals surface area contributed by atoms with Crippen molar-refractivity contribution < 1.29 is 15.0 Å². The second-order valence-electron chi connectivity index (χ2n) is 3.60. The van der Waals surface area contributed by atoms with Crippen LogP contribution in [0.4, 0.5) is 5.82 Å². The van der Waals surface area contributed by atoms with Gasteiger partial charge in [-0.15, -0.1) is 0 Å². The third kappa shape index (κ3) is 4.41. The lowest BCUT2D eigenvalue weighted by Gasteiger charge is -2.17. The van der Waals surface area contributed by atoms with E-state index < -0.39 is 12.2 Å². The second kappa shape index (κ2) is 6.89. The predicted octanol–water partition coefficient (Wildman–Crippen LogP) is 0.776. The summed E-state index contributed by atoms with van der Waals surface area (Å²) < 4.78 is 0. The van der Waals surface area contributed by atoms with Crippen molar-refractivity contribution in [3.63, 3.8) is 0 Å². The summed E-state index contributed by atoms with van der Waals surface area (Å²) in [4.78, 5) is 18.3. The van der Waals surface area contributed by atoms with Crippen molar-refractivity contribution in [1.29, 1.82) is 0 Å². The lowest BCUT2D eigenvalue weighted by Crippen LogP contribution is -2.21. The van der Waals surface area contributed by atoms with E-state index in [0.717, 1.165) is 11.8 Å². The molecule has 0 spiro atoms. The van der Waals surface area contributed by atoms with E-state index in [9.17, 15) is 15.0 Å². The first kappa shape index (κ1) is 15.2. The third-order valence-corrected chi connectivity index (χ3v) is 3.19. The first-order valence-electron chi connectivity index (χ1n) is 5.19. The average Bonchev–Trinajstić information content (AvgIpc) is 2.27. The Bertz CT molecular complexity index is 433. The fraction of sp³-hybridized carbons (Fsp3) is 0.500. The molecule has 0 aliphatic heterocycles. The molecule has 1 aromatic rings. The zero-order chi connectivity index (χ0) is 13.7. The van der Waals surface area contributed by atoms with Crippen LogP contribution >= 0.6 is 23.4 Å². The largest absolute Gasteiger partial charge is 0.390 e. The highest BCUT2D eigenvalue weighted by Crippen LogP contribution is 2.23. The van der Waals surface area contributed by atoms with Crippen molar-refractivity contribution in [2.75, 3.05) is 11.5 Å². The topological polar surface area (TPSA) is 109 Å². The van der Waals surface area contributed by atoms with Crippen molar-refractivity contribution in [2.24, 2.45) is 0 Å². The van der Waals surface area contributed by atoms with Crippen LogP contribution < -0.4 is 5.73 Å². The van der Waals surface area contributed by atoms with Gasteiger partial charge in [-0.25, -0.2) is 4.98 Å². The maximum atomic E-state index is 10.7. The van der Waals surface area contributed by atoms with Crippen LogP contribution in [0.3, 0.4) is 0 Å². The van der Waals surface area contributed by atoms with E-state index in [1.807, 2.05) is 0 Å². The summed E-state index contributed by atoms with van der Waals surface area (Å²) in [5.41, 5.74) is 5.63. The molecule has 0 aliphatic carbocycles. The van der Waals surface area contributed by atoms with Gasteiger partial charge < -0.3 is 15.9 Å². The van der Waals surface area contributed by atoms with E-state index in [0.29, 0.717) is 5.75 Å². The standard InChI is InChI=1S/C10H14ClN3O3S/c1-5(15)18-3-2-6(16)9(17)8-10(12)14-7(11)4-13-8/h4,6,9,16-17H,2-3H2,1H3,(H2,12,14). The van der Waals surface area contributed by atoms with Crippen molar-refractivity contribution >= 4 is 34.3 Å². The molecule has 0 bridgehead atoms. The number of nitrogen functional groups attached to an aromatic ring is 1. The summed E-state index contributed by atoms with van der Waals surface area (Å²) in [5, 5.41) is 19.7. The van der Waals surface area contributed by atoms with Gasteiger partial charge in [0, 0.05) is 12.7 Å². The van der Waals surface area contributed by atoms with Crippen molar-refractivity contribution in [2.45, 2.75) is 25.6 Å². The van der Waals surface area contributed by atoms with E-state index >= 15 is 0 Å². The first-order valence-corrected chi connectivity index (χ1v) is 6.55. The Morgan fingerprint density at radius 3 is 2.83 bits per heavy atom. The Balaban J connectivity index is 2.62. The number of aliphatic hydroxyl groups excluding tert-OH is 2. The molecule has 2 unspecified atom stereocenters. The molecule has 1 heterocycles. The lowest BCUT2D eigenvalue weighted by molar-refractivity contribution is -0.109. The Kier molecular flexibility index (Phi) is 5.80. The maximum absolute atomic E-state index is 10.7. The quantitative estimate of drug-likeness (QED) is 0.735. The molecule has 8 heteroatoms. The van der Waals surface area contributed by atoms with Gasteiger partial charge in [-0.3, -0.25) is 9.78 Å². The van der Waals surface area contributed by atoms with Crippen LogP contribution in [0.25, 0.3) is 0 Å². The molecule has 0 amide bonds. The smallest absolute Gasteiger partial charge is 0.185 e. The van der Waals surface area contributed by atoms with Crippen LogP contribution in [0, 0.1) is 0 Å². The molecule has 0 aromatic carbocycles. The van der Waals surface area contributed by atoms with Crippen LogP contribution in [0.5, 0.6) is 0 Å². The Labute approximate surface area is 114 Å². The van der Waals surface area contributed by atoms with Gasteiger partial charge in [0.2, 0.25) is 0 Å². The SMILES string of the molecule is CC(=O)SCCC(O)C(O)c1ncc(Cl)nc1N. The molecule has 18 heavy (non-hydrogen) atoms. The molecule has 4 N–H and O–H groups in total. The van der Waals surface area contributed by atoms with Crippen LogP contribution in [-0.2, 0) is 4.79 Å². The Morgan fingerprint density at radius 2 is 2.28 bits per heavy atom. The molecule has 0 saturated heterocycles. The van der Waals surface area contributed by atoms with Crippen molar-refractivity contribution in [3.05, 3.63) is 17.0 Å². The number of nitrogens with zero attached hydrogens (tertiary/aromatic N) is 2. The molecular weight excluding hydrogens is 278 g/mol. The van der Waals surface area contributed by atoms with Gasteiger partial charge in [-0.2, -0.15) is 0 Å². The van der Waals surface area contributed by atoms with E-state index in [1.165, 1.54) is 13.1 Å². The number of aromatic nitrogens is 2. The monoisotopic (exact) mass is 291 g/mol. The summed E-state index contributed by atoms with van der Waals surface area (Å²) in [5.74, 6) is 0.391. The predicted molar refractivity (Wildman–Crippen MR) is 70.2 cm³/mol. The fourth-order valence-corrected chi connectivity index (χ4v) is 2.07. The molecule has 100 valence electrons. The number of anilines is 1. The summed E-state index contributed by atoms with van der Waals surface area (Å²) >= 11 is 6.66. The average molecular weight is 292 g/mol. The van der Waals surface area contributed by atoms with E-state index in [2.05, 4.69) is 9.97 Å². The molecule has 0 fully saturated rings. The number of halogens is 1. The van der Waals surface area contributed by atoms with Gasteiger partial charge in [-0.05, 0) is 6.42 Å². The summed E-state index contributed by atoms with van der Waals surface area (Å²) in [6.45, 7) is 1.44. The van der Waals surface area contributed by atoms with E-state index in [4.69, 9.17) is 17.3 Å². The number of nitrogens with two attached hydrogens (primary N) is 1. The minimum Gasteiger partial charge on any atom is -0.390 e. The number of thioether (sulfide) groups is 1. The highest BCUT2D eigenvalue weighted by atomic mass is 35.5. The summed E-state index contributed by atoms with van der Waals surface area (Å²) in [7, 11) is 0. The minimum atomic E-state index is -1.25. The van der Waals surface area contributed by atoms with Crippen LogP contribution in [0.2, 0.25) is 5.15 Å². The number of hydrogen-bond donors (Lipinski definition) is 3. The number of aliphatic hydroxyl groups is 2. The maximum Gasteiger partial charge on any atom is 0.185 e. The number of hydrogen-bond acceptors (Lipinski definition) is 7. The van der Waals surface area contributed by atoms with Crippen LogP contribution in [-0.4, -0.2) is 37.2 Å². The van der Waals surface area contributed by atoms with Gasteiger partial charge in [0.05, 0.1) is 12.3 Å². The number of rotatable bonds is 5. The van der Waals surface area contributed by atoms with Crippen LogP contribution in [0.1, 0.15) is 25.1 Å². The third-order valence-electron chi connectivity index (χ3n) is 2.16. The van der Waals surface area contributed by atoms with Gasteiger partial charge in [0.1, 0.15) is 22.8 Å². The highest BCUT2D eigenvalue weighted by molar-refractivity contribution is 8.13. The second-order valence-corrected chi connectivity index (χ2v) is 5.26. The minimum absolute atomic E-state index is 0.0201. The summed E-state index contributed by atoms with van der Waals surface area (Å²) in [6, 6.07) is 0. The zero-order valence-electron chi connectivity index (χ0n) is 9.71. The summed E-state index contributed by atoms with van der Waals surface area (Å²) in [6.07, 6.45) is -0.820. The molecule has 0 radical (unpaired) electrons. The highest BCUT2D eigenvalue weighted by Gasteiger charge is 2.22. The van der Waals surface area contributed by atoms with E-state index in [1.54, 1.807) is 0 Å². The molecule has 0 saturated carbocycles. The Morgan fingerprint density at radius 1 is 1.61 bits per heavy atom. The molecule has 6 nitrogen and oxygen atoms in total. The number of carbonyl (C=O) groups is 1. The van der Waals surface area contributed by atoms with Gasteiger partial charge in [0.15, 0.2) is 5.12 Å². The van der Waals surface area contributed by atoms with Crippen molar-refractivity contribution in [1.82, 2.24) is 9.97 Å². The van der Waals surface area contributed by atoms with Crippen molar-refractivity contribution in [3.8, 4) is 0 Å². The first-order chi connectivity index (χ1) is 8.41. The van der Waals surface area contributed by atoms with E-state index in [-0.39, 0.29) is 28.2 Å². The Hall–Kier alpha value is -0.890. The molecular formula is C10H14ClN3O3S. The number of carbonyl (C=O) groups excluding carboxylic acids is 1. The lowest BCUT2D eigenvalue weighted by atomic mass is 10.1. The zero-order valence-corrected chi connectivity index (χ0v) is 11.3. The molecule has 0 aliphatic rings. The van der Waals surface area contributed by atoms with Crippen LogP contribution in [0.15, 0.2) is 6.20 Å². The normalized spacial score (nSPS) is 14.2. The molecule has 1 rings (SSSR count). The fourth-order valence-electron chi connectivity index (χ4n) is 1.28. The molecule has 1 aromatic heterocycles. The molecule has 2 atom stereocenters. The van der Waals surface area contributed by atoms with Gasteiger partial charge in [0.25, 0.3) is 0 Å². The van der Waals surface area contributed by atoms with Gasteiger partial charge >= 0.3 is 0 Å². The van der Waals surface area contributed by atoms with Gasteiger partial charge in [-0.1, -0.05) is 23.4 Å².